The number of nitrogens with two attached hydrogens (primary N) is 1. The number of hydrogen-bond acceptors (Lipinski definition) is 4. The van der Waals surface area contributed by atoms with Crippen LogP contribution in [0.3, 0.4) is 0 Å². The lowest BCUT2D eigenvalue weighted by molar-refractivity contribution is -0.0780. The zero-order chi connectivity index (χ0) is 13.0. The van der Waals surface area contributed by atoms with E-state index in [0.29, 0.717) is 0 Å². The lowest BCUT2D eigenvalue weighted by Crippen LogP contribution is -2.36. The average molecular weight is 266 g/mol. The first kappa shape index (κ1) is 12.6. The third kappa shape index (κ3) is 1.82. The van der Waals surface area contributed by atoms with E-state index in [1.54, 1.807) is 11.3 Å². The van der Waals surface area contributed by atoms with Gasteiger partial charge in [-0.15, -0.1) is 11.3 Å². The summed E-state index contributed by atoms with van der Waals surface area (Å²) in [5.41, 5.74) is 7.72. The summed E-state index contributed by atoms with van der Waals surface area (Å²) in [6.07, 6.45) is 5.56. The normalized spacial score (nSPS) is 28.6. The van der Waals surface area contributed by atoms with Crippen molar-refractivity contribution in [3.8, 4) is 0 Å². The Morgan fingerprint density at radius 3 is 2.67 bits per heavy atom. The van der Waals surface area contributed by atoms with Crippen LogP contribution in [0.1, 0.15) is 61.2 Å². The van der Waals surface area contributed by atoms with Crippen molar-refractivity contribution >= 4 is 11.3 Å². The van der Waals surface area contributed by atoms with Crippen LogP contribution >= 0.6 is 11.3 Å². The Balaban J connectivity index is 1.97. The first-order chi connectivity index (χ1) is 8.46. The molecule has 2 aliphatic rings. The summed E-state index contributed by atoms with van der Waals surface area (Å²) < 4.78 is 5.73. The molecule has 1 saturated carbocycles. The van der Waals surface area contributed by atoms with Crippen LogP contribution in [0.2, 0.25) is 0 Å². The summed E-state index contributed by atoms with van der Waals surface area (Å²) in [4.78, 5) is 6.17. The molecule has 0 amide bonds. The molecule has 1 atom stereocenters. The molecule has 0 radical (unpaired) electrons. The molecule has 0 spiro atoms. The molecule has 0 bridgehead atoms. The number of thiazole rings is 1. The molecule has 4 heteroatoms. The molecular formula is C14H22N2OS. The molecule has 0 saturated heterocycles. The predicted molar refractivity (Wildman–Crippen MR) is 73.7 cm³/mol. The number of fused-ring (bicyclic) bond motifs is 1. The van der Waals surface area contributed by atoms with Crippen molar-refractivity contribution in [2.24, 2.45) is 11.1 Å². The molecular weight excluding hydrogens is 244 g/mol. The molecule has 0 aliphatic heterocycles. The van der Waals surface area contributed by atoms with Crippen LogP contribution in [0, 0.1) is 5.41 Å². The molecule has 2 aliphatic carbocycles. The van der Waals surface area contributed by atoms with Crippen molar-refractivity contribution < 1.29 is 4.74 Å². The van der Waals surface area contributed by atoms with E-state index in [9.17, 15) is 0 Å². The topological polar surface area (TPSA) is 48.1 Å². The standard InChI is InChI=1S/C14H22N2OS/c1-13(2)7-9(15)11-10(8-13)16-12(18-11)14(17-3)5-4-6-14/h9H,4-8,15H2,1-3H3. The molecule has 0 aromatic carbocycles. The van der Waals surface area contributed by atoms with Gasteiger partial charge in [0.2, 0.25) is 0 Å². The van der Waals surface area contributed by atoms with E-state index in [-0.39, 0.29) is 17.1 Å². The highest BCUT2D eigenvalue weighted by Gasteiger charge is 2.44. The van der Waals surface area contributed by atoms with Crippen molar-refractivity contribution in [3.05, 3.63) is 15.6 Å². The first-order valence-electron chi connectivity index (χ1n) is 6.77. The highest BCUT2D eigenvalue weighted by molar-refractivity contribution is 7.12. The van der Waals surface area contributed by atoms with E-state index in [4.69, 9.17) is 15.5 Å². The van der Waals surface area contributed by atoms with Crippen LogP contribution in [0.5, 0.6) is 0 Å². The zero-order valence-electron chi connectivity index (χ0n) is 11.5. The summed E-state index contributed by atoms with van der Waals surface area (Å²) in [6, 6.07) is 0.156. The Morgan fingerprint density at radius 1 is 1.39 bits per heavy atom. The van der Waals surface area contributed by atoms with Crippen molar-refractivity contribution in [1.82, 2.24) is 4.98 Å². The molecule has 2 N–H and O–H groups in total. The maximum absolute atomic E-state index is 6.31. The molecule has 1 fully saturated rings. The summed E-state index contributed by atoms with van der Waals surface area (Å²) in [5.74, 6) is 0. The predicted octanol–water partition coefficient (Wildman–Crippen LogP) is 3.14. The second-order valence-corrected chi connectivity index (χ2v) is 7.56. The monoisotopic (exact) mass is 266 g/mol. The van der Waals surface area contributed by atoms with E-state index in [1.165, 1.54) is 17.0 Å². The highest BCUT2D eigenvalue weighted by atomic mass is 32.1. The van der Waals surface area contributed by atoms with Crippen molar-refractivity contribution in [3.63, 3.8) is 0 Å². The van der Waals surface area contributed by atoms with Crippen molar-refractivity contribution in [1.29, 1.82) is 0 Å². The van der Waals surface area contributed by atoms with Crippen LogP contribution < -0.4 is 5.73 Å². The average Bonchev–Trinajstić information content (AvgIpc) is 2.59. The van der Waals surface area contributed by atoms with Gasteiger partial charge >= 0.3 is 0 Å². The summed E-state index contributed by atoms with van der Waals surface area (Å²) >= 11 is 1.79. The summed E-state index contributed by atoms with van der Waals surface area (Å²) in [7, 11) is 1.81. The molecule has 3 rings (SSSR count). The largest absolute Gasteiger partial charge is 0.371 e. The Kier molecular flexibility index (Phi) is 2.81. The fourth-order valence-corrected chi connectivity index (χ4v) is 4.50. The van der Waals surface area contributed by atoms with Gasteiger partial charge in [-0.2, -0.15) is 0 Å². The first-order valence-corrected chi connectivity index (χ1v) is 7.58. The molecule has 1 heterocycles. The third-order valence-corrected chi connectivity index (χ3v) is 5.84. The smallest absolute Gasteiger partial charge is 0.125 e. The van der Waals surface area contributed by atoms with Gasteiger partial charge in [0.05, 0.1) is 5.69 Å². The number of nitrogens with zero attached hydrogens (tertiary/aromatic N) is 1. The van der Waals surface area contributed by atoms with Gasteiger partial charge in [-0.3, -0.25) is 0 Å². The Hall–Kier alpha value is -0.450. The lowest BCUT2D eigenvalue weighted by Gasteiger charge is -2.38. The molecule has 18 heavy (non-hydrogen) atoms. The second kappa shape index (κ2) is 4.02. The Labute approximate surface area is 113 Å². The van der Waals surface area contributed by atoms with Gasteiger partial charge in [0, 0.05) is 18.0 Å². The maximum atomic E-state index is 6.31. The molecule has 1 aromatic rings. The number of ether oxygens (including phenoxy) is 1. The number of hydrogen-bond donors (Lipinski definition) is 1. The van der Waals surface area contributed by atoms with E-state index in [2.05, 4.69) is 13.8 Å². The zero-order valence-corrected chi connectivity index (χ0v) is 12.3. The number of aromatic nitrogens is 1. The van der Waals surface area contributed by atoms with Crippen LogP contribution in [-0.4, -0.2) is 12.1 Å². The minimum Gasteiger partial charge on any atom is -0.371 e. The fraction of sp³-hybridized carbons (Fsp3) is 0.786. The quantitative estimate of drug-likeness (QED) is 0.894. The van der Waals surface area contributed by atoms with Crippen LogP contribution in [0.15, 0.2) is 0 Å². The van der Waals surface area contributed by atoms with Gasteiger partial charge in [0.1, 0.15) is 10.6 Å². The fourth-order valence-electron chi connectivity index (χ4n) is 3.19. The van der Waals surface area contributed by atoms with Crippen molar-refractivity contribution in [2.45, 2.75) is 57.6 Å². The van der Waals surface area contributed by atoms with Gasteiger partial charge in [-0.05, 0) is 37.5 Å². The molecule has 3 nitrogen and oxygen atoms in total. The van der Waals surface area contributed by atoms with Gasteiger partial charge in [0.25, 0.3) is 0 Å². The molecule has 1 aromatic heterocycles. The SMILES string of the molecule is COC1(c2nc3c(s2)C(N)CC(C)(C)C3)CCC1. The minimum atomic E-state index is -0.0914. The van der Waals surface area contributed by atoms with E-state index in [1.807, 2.05) is 7.11 Å². The lowest BCUT2D eigenvalue weighted by atomic mass is 9.76. The van der Waals surface area contributed by atoms with Crippen molar-refractivity contribution in [2.75, 3.05) is 7.11 Å². The molecule has 1 unspecified atom stereocenters. The van der Waals surface area contributed by atoms with Gasteiger partial charge < -0.3 is 10.5 Å². The summed E-state index contributed by atoms with van der Waals surface area (Å²) in [5, 5.41) is 1.16. The van der Waals surface area contributed by atoms with E-state index >= 15 is 0 Å². The molecule has 100 valence electrons. The summed E-state index contributed by atoms with van der Waals surface area (Å²) in [6.45, 7) is 4.56. The van der Waals surface area contributed by atoms with Gasteiger partial charge in [-0.25, -0.2) is 4.98 Å². The van der Waals surface area contributed by atoms with Crippen LogP contribution in [0.4, 0.5) is 0 Å². The second-order valence-electron chi connectivity index (χ2n) is 6.53. The van der Waals surface area contributed by atoms with E-state index < -0.39 is 0 Å². The highest BCUT2D eigenvalue weighted by Crippen LogP contribution is 2.49. The third-order valence-electron chi connectivity index (χ3n) is 4.42. The Morgan fingerprint density at radius 2 is 2.11 bits per heavy atom. The van der Waals surface area contributed by atoms with Gasteiger partial charge in [-0.1, -0.05) is 13.8 Å². The van der Waals surface area contributed by atoms with E-state index in [0.717, 1.165) is 30.7 Å². The van der Waals surface area contributed by atoms with Crippen LogP contribution in [0.25, 0.3) is 0 Å². The van der Waals surface area contributed by atoms with Gasteiger partial charge in [0.15, 0.2) is 0 Å². The Bertz CT molecular complexity index is 457. The number of rotatable bonds is 2. The van der Waals surface area contributed by atoms with Crippen LogP contribution in [-0.2, 0) is 16.8 Å². The number of methoxy groups -OCH3 is 1. The maximum Gasteiger partial charge on any atom is 0.125 e. The minimum absolute atomic E-state index is 0.0914.